The second-order valence-corrected chi connectivity index (χ2v) is 8.23. The van der Waals surface area contributed by atoms with Gasteiger partial charge in [-0.2, -0.15) is 0 Å². The molecule has 0 saturated heterocycles. The Morgan fingerprint density at radius 3 is 2.12 bits per heavy atom. The Kier molecular flexibility index (Phi) is 6.07. The van der Waals surface area contributed by atoms with Crippen LogP contribution in [0.2, 0.25) is 0 Å². The number of carbonyl (C=O) groups excluding carboxylic acids is 2. The summed E-state index contributed by atoms with van der Waals surface area (Å²) in [5.74, 6) is -0.568. The fraction of sp³-hybridized carbons (Fsp3) is 0.154. The molecule has 166 valence electrons. The van der Waals surface area contributed by atoms with E-state index in [9.17, 15) is 14.4 Å². The van der Waals surface area contributed by atoms with Crippen molar-refractivity contribution in [3.8, 4) is 0 Å². The quantitative estimate of drug-likeness (QED) is 0.270. The first-order valence-corrected chi connectivity index (χ1v) is 10.7. The summed E-state index contributed by atoms with van der Waals surface area (Å²) in [5.41, 5.74) is 5.01. The number of aromatic nitrogens is 2. The van der Waals surface area contributed by atoms with Gasteiger partial charge >= 0.3 is 5.97 Å². The third-order valence-electron chi connectivity index (χ3n) is 5.82. The highest BCUT2D eigenvalue weighted by Gasteiger charge is 2.13. The van der Waals surface area contributed by atoms with Crippen molar-refractivity contribution in [2.24, 2.45) is 7.05 Å². The lowest BCUT2D eigenvalue weighted by Crippen LogP contribution is -2.20. The number of aromatic amines is 1. The van der Waals surface area contributed by atoms with Crippen LogP contribution in [0.15, 0.2) is 65.5 Å². The first kappa shape index (κ1) is 22.4. The molecular weight excluding hydrogens is 436 g/mol. The van der Waals surface area contributed by atoms with Gasteiger partial charge in [0.15, 0.2) is 10.6 Å². The molecule has 0 aliphatic rings. The van der Waals surface area contributed by atoms with Gasteiger partial charge in [-0.1, -0.05) is 42.5 Å². The van der Waals surface area contributed by atoms with E-state index in [1.54, 1.807) is 43.4 Å². The van der Waals surface area contributed by atoms with Crippen molar-refractivity contribution < 1.29 is 14.3 Å². The molecule has 0 radical (unpaired) electrons. The molecule has 0 bridgehead atoms. The zero-order chi connectivity index (χ0) is 23.7. The third kappa shape index (κ3) is 4.27. The number of nitrogens with one attached hydrogen (secondary N) is 1. The number of nitrogens with zero attached hydrogens (tertiary/aromatic N) is 1. The number of ketones is 1. The number of aryl methyl sites for hydroxylation is 1. The number of H-pyrrole nitrogens is 1. The Balaban J connectivity index is 1.58. The van der Waals surface area contributed by atoms with Crippen LogP contribution in [0.1, 0.15) is 43.0 Å². The number of esters is 1. The van der Waals surface area contributed by atoms with E-state index in [1.165, 1.54) is 11.7 Å². The normalized spacial score (nSPS) is 10.9. The minimum absolute atomic E-state index is 0.118. The van der Waals surface area contributed by atoms with Crippen molar-refractivity contribution in [3.05, 3.63) is 109 Å². The zero-order valence-corrected chi connectivity index (χ0v) is 19.3. The van der Waals surface area contributed by atoms with Crippen LogP contribution in [-0.2, 0) is 18.2 Å². The molecule has 6 nitrogen and oxygen atoms in total. The molecular formula is C26H22N2O4S. The predicted octanol–water partition coefficient (Wildman–Crippen LogP) is 4.51. The molecule has 0 aliphatic carbocycles. The van der Waals surface area contributed by atoms with Crippen LogP contribution in [0.3, 0.4) is 0 Å². The van der Waals surface area contributed by atoms with E-state index in [4.69, 9.17) is 12.2 Å². The fourth-order valence-electron chi connectivity index (χ4n) is 3.82. The van der Waals surface area contributed by atoms with Gasteiger partial charge in [-0.25, -0.2) is 4.79 Å². The van der Waals surface area contributed by atoms with E-state index < -0.39 is 5.97 Å². The SMILES string of the molecule is COC(=O)c1ccc(C(=O)c2ccc(Cc3ccc4[nH]c(=S)n(C)c(=O)c4c3C)cc2)cc1. The maximum atomic E-state index is 12.8. The molecule has 0 unspecified atom stereocenters. The van der Waals surface area contributed by atoms with Crippen molar-refractivity contribution in [2.45, 2.75) is 13.3 Å². The topological polar surface area (TPSA) is 81.2 Å². The first-order chi connectivity index (χ1) is 15.8. The monoisotopic (exact) mass is 458 g/mol. The Bertz CT molecular complexity index is 1500. The second kappa shape index (κ2) is 8.96. The van der Waals surface area contributed by atoms with Gasteiger partial charge in [-0.3, -0.25) is 14.2 Å². The van der Waals surface area contributed by atoms with Gasteiger partial charge in [0, 0.05) is 18.2 Å². The average molecular weight is 459 g/mol. The summed E-state index contributed by atoms with van der Waals surface area (Å²) in [6, 6.07) is 17.7. The highest BCUT2D eigenvalue weighted by atomic mass is 32.1. The van der Waals surface area contributed by atoms with Crippen LogP contribution >= 0.6 is 12.2 Å². The molecule has 0 aliphatic heterocycles. The van der Waals surface area contributed by atoms with Crippen LogP contribution in [0.5, 0.6) is 0 Å². The van der Waals surface area contributed by atoms with E-state index in [-0.39, 0.29) is 11.3 Å². The Morgan fingerprint density at radius 1 is 0.939 bits per heavy atom. The molecule has 7 heteroatoms. The summed E-state index contributed by atoms with van der Waals surface area (Å²) in [6.45, 7) is 1.94. The van der Waals surface area contributed by atoms with Crippen LogP contribution in [0, 0.1) is 11.7 Å². The summed E-state index contributed by atoms with van der Waals surface area (Å²) in [5, 5.41) is 0.630. The number of rotatable bonds is 5. The van der Waals surface area contributed by atoms with Crippen molar-refractivity contribution in [1.82, 2.24) is 9.55 Å². The average Bonchev–Trinajstić information content (AvgIpc) is 2.84. The lowest BCUT2D eigenvalue weighted by Gasteiger charge is -2.11. The van der Waals surface area contributed by atoms with E-state index in [1.807, 2.05) is 31.2 Å². The molecule has 3 aromatic carbocycles. The van der Waals surface area contributed by atoms with Crippen LogP contribution < -0.4 is 5.56 Å². The van der Waals surface area contributed by atoms with Crippen molar-refractivity contribution in [1.29, 1.82) is 0 Å². The molecule has 0 atom stereocenters. The molecule has 4 aromatic rings. The molecule has 0 saturated carbocycles. The number of methoxy groups -OCH3 is 1. The standard InChI is InChI=1S/C26H22N2O4S/c1-15-20(12-13-21-22(15)24(30)28(2)26(33)27-21)14-16-4-6-17(7-5-16)23(29)18-8-10-19(11-9-18)25(31)32-3/h4-13H,14H2,1-3H3,(H,27,33). The van der Waals surface area contributed by atoms with Crippen molar-refractivity contribution in [2.75, 3.05) is 7.11 Å². The molecule has 33 heavy (non-hydrogen) atoms. The Morgan fingerprint density at radius 2 is 1.52 bits per heavy atom. The largest absolute Gasteiger partial charge is 0.465 e. The van der Waals surface area contributed by atoms with Gasteiger partial charge in [0.05, 0.1) is 23.6 Å². The lowest BCUT2D eigenvalue weighted by molar-refractivity contribution is 0.0600. The van der Waals surface area contributed by atoms with Crippen molar-refractivity contribution in [3.63, 3.8) is 0 Å². The Labute approximate surface area is 195 Å². The molecule has 1 heterocycles. The summed E-state index contributed by atoms with van der Waals surface area (Å²) >= 11 is 5.20. The molecule has 0 fully saturated rings. The first-order valence-electron chi connectivity index (χ1n) is 10.3. The molecule has 4 rings (SSSR count). The molecule has 1 N–H and O–H groups in total. The minimum atomic E-state index is -0.442. The number of carbonyl (C=O) groups is 2. The highest BCUT2D eigenvalue weighted by molar-refractivity contribution is 7.71. The number of hydrogen-bond donors (Lipinski definition) is 1. The van der Waals surface area contributed by atoms with Gasteiger partial charge in [0.1, 0.15) is 0 Å². The molecule has 0 amide bonds. The smallest absolute Gasteiger partial charge is 0.337 e. The van der Waals surface area contributed by atoms with Gasteiger partial charge < -0.3 is 9.72 Å². The van der Waals surface area contributed by atoms with E-state index in [0.29, 0.717) is 33.3 Å². The van der Waals surface area contributed by atoms with Gasteiger partial charge in [-0.05, 0) is 60.5 Å². The molecule has 0 spiro atoms. The van der Waals surface area contributed by atoms with Gasteiger partial charge in [0.25, 0.3) is 5.56 Å². The number of ether oxygens (including phenoxy) is 1. The summed E-state index contributed by atoms with van der Waals surface area (Å²) in [7, 11) is 2.97. The number of fused-ring (bicyclic) bond motifs is 1. The fourth-order valence-corrected chi connectivity index (χ4v) is 4.01. The maximum absolute atomic E-state index is 12.8. The van der Waals surface area contributed by atoms with Crippen LogP contribution in [0.4, 0.5) is 0 Å². The Hall–Kier alpha value is -3.84. The van der Waals surface area contributed by atoms with Gasteiger partial charge in [-0.15, -0.1) is 0 Å². The van der Waals surface area contributed by atoms with Crippen LogP contribution in [0.25, 0.3) is 10.9 Å². The van der Waals surface area contributed by atoms with Crippen molar-refractivity contribution >= 4 is 34.9 Å². The number of hydrogen-bond acceptors (Lipinski definition) is 5. The zero-order valence-electron chi connectivity index (χ0n) is 18.5. The van der Waals surface area contributed by atoms with E-state index in [0.717, 1.165) is 22.2 Å². The van der Waals surface area contributed by atoms with E-state index in [2.05, 4.69) is 9.72 Å². The number of benzene rings is 3. The van der Waals surface area contributed by atoms with Gasteiger partial charge in [0.2, 0.25) is 0 Å². The van der Waals surface area contributed by atoms with E-state index >= 15 is 0 Å². The summed E-state index contributed by atoms with van der Waals surface area (Å²) < 4.78 is 6.51. The highest BCUT2D eigenvalue weighted by Crippen LogP contribution is 2.21. The summed E-state index contributed by atoms with van der Waals surface area (Å²) in [4.78, 5) is 40.2. The minimum Gasteiger partial charge on any atom is -0.465 e. The maximum Gasteiger partial charge on any atom is 0.337 e. The third-order valence-corrected chi connectivity index (χ3v) is 6.20. The lowest BCUT2D eigenvalue weighted by atomic mass is 9.96. The predicted molar refractivity (Wildman–Crippen MR) is 130 cm³/mol. The summed E-state index contributed by atoms with van der Waals surface area (Å²) in [6.07, 6.45) is 0.628. The van der Waals surface area contributed by atoms with Crippen LogP contribution in [-0.4, -0.2) is 28.4 Å². The molecule has 1 aromatic heterocycles. The second-order valence-electron chi connectivity index (χ2n) is 7.84.